The van der Waals surface area contributed by atoms with Crippen molar-refractivity contribution in [2.75, 3.05) is 18.1 Å². The minimum absolute atomic E-state index is 0.107. The average Bonchev–Trinajstić information content (AvgIpc) is 2.24. The number of hydrogen-bond acceptors (Lipinski definition) is 5. The number of nitro groups is 1. The van der Waals surface area contributed by atoms with Crippen LogP contribution in [0, 0.1) is 10.1 Å². The maximum atomic E-state index is 11.3. The van der Waals surface area contributed by atoms with Crippen molar-refractivity contribution in [3.8, 4) is 0 Å². The third-order valence-corrected chi connectivity index (χ3v) is 3.31. The van der Waals surface area contributed by atoms with Crippen LogP contribution in [0.5, 0.6) is 0 Å². The highest BCUT2D eigenvalue weighted by Crippen LogP contribution is 2.27. The summed E-state index contributed by atoms with van der Waals surface area (Å²) < 4.78 is 22.6. The van der Waals surface area contributed by atoms with Gasteiger partial charge in [-0.05, 0) is 12.1 Å². The minimum Gasteiger partial charge on any atom is -0.375 e. The lowest BCUT2D eigenvalue weighted by Gasteiger charge is -2.07. The van der Waals surface area contributed by atoms with E-state index in [1.165, 1.54) is 12.1 Å². The molecule has 0 aromatic heterocycles. The molecule has 0 saturated carbocycles. The van der Waals surface area contributed by atoms with Crippen LogP contribution in [-0.4, -0.2) is 26.1 Å². The number of halogens is 1. The Labute approximate surface area is 109 Å². The Morgan fingerprint density at radius 2 is 2.17 bits per heavy atom. The normalized spacial score (nSPS) is 11.0. The molecule has 0 atom stereocenters. The zero-order chi connectivity index (χ0) is 13.9. The topological polar surface area (TPSA) is 89.3 Å². The molecule has 1 aromatic carbocycles. The molecular weight excluding hydrogens is 280 g/mol. The van der Waals surface area contributed by atoms with Crippen molar-refractivity contribution in [3.05, 3.63) is 39.9 Å². The predicted octanol–water partition coefficient (Wildman–Crippen LogP) is 2.16. The molecule has 0 fully saturated rings. The first-order chi connectivity index (χ1) is 8.21. The van der Waals surface area contributed by atoms with Gasteiger partial charge in [0.2, 0.25) is 0 Å². The van der Waals surface area contributed by atoms with E-state index >= 15 is 0 Å². The van der Waals surface area contributed by atoms with Gasteiger partial charge in [0.25, 0.3) is 5.69 Å². The summed E-state index contributed by atoms with van der Waals surface area (Å²) in [6.45, 7) is 3.59. The lowest BCUT2D eigenvalue weighted by Crippen LogP contribution is -2.05. The zero-order valence-electron chi connectivity index (χ0n) is 9.51. The summed E-state index contributed by atoms with van der Waals surface area (Å²) in [5.41, 5.74) is -0.134. The zero-order valence-corrected chi connectivity index (χ0v) is 11.1. The van der Waals surface area contributed by atoms with E-state index in [2.05, 4.69) is 11.9 Å². The molecule has 0 aliphatic carbocycles. The van der Waals surface area contributed by atoms with E-state index in [1.807, 2.05) is 0 Å². The number of rotatable bonds is 5. The number of hydrogen-bond donors (Lipinski definition) is 1. The highest BCUT2D eigenvalue weighted by Gasteiger charge is 2.18. The Hall–Kier alpha value is -1.60. The minimum atomic E-state index is -3.48. The fourth-order valence-electron chi connectivity index (χ4n) is 1.23. The van der Waals surface area contributed by atoms with Gasteiger partial charge in [0, 0.05) is 17.4 Å². The summed E-state index contributed by atoms with van der Waals surface area (Å²) in [4.78, 5) is 10.1. The van der Waals surface area contributed by atoms with Gasteiger partial charge in [0.15, 0.2) is 9.84 Å². The first kappa shape index (κ1) is 14.5. The van der Waals surface area contributed by atoms with Crippen LogP contribution in [-0.2, 0) is 9.84 Å². The molecule has 8 heteroatoms. The summed E-state index contributed by atoms with van der Waals surface area (Å²) in [5, 5.41) is 13.9. The third kappa shape index (κ3) is 3.71. The fraction of sp³-hybridized carbons (Fsp3) is 0.200. The van der Waals surface area contributed by atoms with Crippen molar-refractivity contribution in [3.63, 3.8) is 0 Å². The highest BCUT2D eigenvalue weighted by atomic mass is 35.5. The van der Waals surface area contributed by atoms with Crippen molar-refractivity contribution in [2.45, 2.75) is 4.90 Å². The van der Waals surface area contributed by atoms with Gasteiger partial charge in [-0.1, -0.05) is 18.2 Å². The van der Waals surface area contributed by atoms with Gasteiger partial charge in [-0.25, -0.2) is 8.42 Å². The highest BCUT2D eigenvalue weighted by molar-refractivity contribution is 7.90. The maximum Gasteiger partial charge on any atom is 0.293 e. The van der Waals surface area contributed by atoms with Crippen LogP contribution in [0.3, 0.4) is 0 Å². The Kier molecular flexibility index (Phi) is 4.31. The molecule has 98 valence electrons. The molecule has 0 amide bonds. The maximum absolute atomic E-state index is 11.3. The first-order valence-corrected chi connectivity index (χ1v) is 7.04. The first-order valence-electron chi connectivity index (χ1n) is 4.77. The Morgan fingerprint density at radius 3 is 2.61 bits per heavy atom. The molecule has 0 radical (unpaired) electrons. The van der Waals surface area contributed by atoms with E-state index in [0.29, 0.717) is 0 Å². The molecule has 18 heavy (non-hydrogen) atoms. The summed E-state index contributed by atoms with van der Waals surface area (Å²) >= 11 is 5.54. The number of nitro benzene ring substituents is 1. The standard InChI is InChI=1S/C10H11ClN2O4S/c1-7(11)6-12-9-4-3-8(18(2,16)17)5-10(9)13(14)15/h3-5,12H,1,6H2,2H3. The van der Waals surface area contributed by atoms with Crippen LogP contribution in [0.4, 0.5) is 11.4 Å². The van der Waals surface area contributed by atoms with Crippen LogP contribution in [0.25, 0.3) is 0 Å². The molecular formula is C10H11ClN2O4S. The van der Waals surface area contributed by atoms with Gasteiger partial charge >= 0.3 is 0 Å². The fourth-order valence-corrected chi connectivity index (χ4v) is 1.94. The molecule has 0 saturated heterocycles. The number of sulfone groups is 1. The quantitative estimate of drug-likeness (QED) is 0.663. The van der Waals surface area contributed by atoms with Gasteiger partial charge < -0.3 is 5.32 Å². The van der Waals surface area contributed by atoms with Crippen LogP contribution in [0.15, 0.2) is 34.7 Å². The molecule has 0 aliphatic rings. The summed E-state index contributed by atoms with van der Waals surface area (Å²) in [6, 6.07) is 3.63. The van der Waals surface area contributed by atoms with Crippen LogP contribution in [0.1, 0.15) is 0 Å². The van der Waals surface area contributed by atoms with E-state index in [9.17, 15) is 18.5 Å². The van der Waals surface area contributed by atoms with Gasteiger partial charge in [-0.15, -0.1) is 0 Å². The van der Waals surface area contributed by atoms with Crippen molar-refractivity contribution in [1.82, 2.24) is 0 Å². The van der Waals surface area contributed by atoms with E-state index in [-0.39, 0.29) is 27.8 Å². The molecule has 1 aromatic rings. The molecule has 0 bridgehead atoms. The SMILES string of the molecule is C=C(Cl)CNc1ccc(S(C)(=O)=O)cc1[N+](=O)[O-]. The lowest BCUT2D eigenvalue weighted by molar-refractivity contribution is -0.384. The third-order valence-electron chi connectivity index (χ3n) is 2.06. The van der Waals surface area contributed by atoms with E-state index < -0.39 is 14.8 Å². The van der Waals surface area contributed by atoms with Crippen LogP contribution < -0.4 is 5.32 Å². The Balaban J connectivity index is 3.21. The van der Waals surface area contributed by atoms with Crippen molar-refractivity contribution < 1.29 is 13.3 Å². The Bertz CT molecular complexity index is 598. The van der Waals surface area contributed by atoms with E-state index in [0.717, 1.165) is 12.3 Å². The Morgan fingerprint density at radius 1 is 1.56 bits per heavy atom. The van der Waals surface area contributed by atoms with Gasteiger partial charge in [0.05, 0.1) is 16.4 Å². The number of nitrogens with zero attached hydrogens (tertiary/aromatic N) is 1. The van der Waals surface area contributed by atoms with Gasteiger partial charge in [-0.3, -0.25) is 10.1 Å². The van der Waals surface area contributed by atoms with E-state index in [4.69, 9.17) is 11.6 Å². The van der Waals surface area contributed by atoms with Gasteiger partial charge in [0.1, 0.15) is 5.69 Å². The second-order valence-corrected chi connectivity index (χ2v) is 6.13. The van der Waals surface area contributed by atoms with Crippen molar-refractivity contribution in [1.29, 1.82) is 0 Å². The second kappa shape index (κ2) is 5.36. The molecule has 0 aliphatic heterocycles. The van der Waals surface area contributed by atoms with E-state index in [1.54, 1.807) is 0 Å². The average molecular weight is 291 g/mol. The number of benzene rings is 1. The smallest absolute Gasteiger partial charge is 0.293 e. The summed E-state index contributed by atoms with van der Waals surface area (Å²) in [6.07, 6.45) is 0.986. The largest absolute Gasteiger partial charge is 0.375 e. The predicted molar refractivity (Wildman–Crippen MR) is 69.7 cm³/mol. The van der Waals surface area contributed by atoms with Crippen molar-refractivity contribution >= 4 is 32.8 Å². The van der Waals surface area contributed by atoms with Gasteiger partial charge in [-0.2, -0.15) is 0 Å². The second-order valence-electron chi connectivity index (χ2n) is 3.58. The van der Waals surface area contributed by atoms with Crippen LogP contribution >= 0.6 is 11.6 Å². The molecule has 0 spiro atoms. The lowest BCUT2D eigenvalue weighted by atomic mass is 10.2. The molecule has 1 N–H and O–H groups in total. The monoisotopic (exact) mass is 290 g/mol. The number of anilines is 1. The van der Waals surface area contributed by atoms with Crippen molar-refractivity contribution in [2.24, 2.45) is 0 Å². The summed E-state index contributed by atoms with van der Waals surface area (Å²) in [7, 11) is -3.48. The molecule has 0 unspecified atom stereocenters. The molecule has 0 heterocycles. The molecule has 1 rings (SSSR count). The van der Waals surface area contributed by atoms with Crippen LogP contribution in [0.2, 0.25) is 0 Å². The number of nitrogens with one attached hydrogen (secondary N) is 1. The summed E-state index contributed by atoms with van der Waals surface area (Å²) in [5.74, 6) is 0. The molecule has 6 nitrogen and oxygen atoms in total.